The van der Waals surface area contributed by atoms with Crippen molar-refractivity contribution in [1.82, 2.24) is 10.6 Å². The Morgan fingerprint density at radius 1 is 1.07 bits per heavy atom. The molecule has 0 radical (unpaired) electrons. The molecule has 2 aromatic rings. The first-order chi connectivity index (χ1) is 13.5. The molecule has 1 atom stereocenters. The number of carbonyl (C=O) groups excluding carboxylic acids is 2. The summed E-state index contributed by atoms with van der Waals surface area (Å²) in [6, 6.07) is 14.1. The highest BCUT2D eigenvalue weighted by molar-refractivity contribution is 5.97. The molecule has 0 saturated heterocycles. The van der Waals surface area contributed by atoms with Crippen molar-refractivity contribution < 1.29 is 19.1 Å². The Bertz CT molecular complexity index is 780. The van der Waals surface area contributed by atoms with Crippen molar-refractivity contribution in [3.05, 3.63) is 59.7 Å². The summed E-state index contributed by atoms with van der Waals surface area (Å²) < 4.78 is 10.2. The van der Waals surface area contributed by atoms with Crippen molar-refractivity contribution in [3.63, 3.8) is 0 Å². The first-order valence-electron chi connectivity index (χ1n) is 9.04. The number of aryl methyl sites for hydroxylation is 1. The second-order valence-corrected chi connectivity index (χ2v) is 6.26. The van der Waals surface area contributed by atoms with Gasteiger partial charge in [0.15, 0.2) is 0 Å². The molecule has 0 aliphatic carbocycles. The lowest BCUT2D eigenvalue weighted by molar-refractivity contribution is -0.121. The molecule has 0 unspecified atom stereocenters. The van der Waals surface area contributed by atoms with Gasteiger partial charge in [-0.25, -0.2) is 0 Å². The van der Waals surface area contributed by atoms with Crippen LogP contribution in [0.25, 0.3) is 0 Å². The molecule has 0 aliphatic heterocycles. The molecule has 28 heavy (non-hydrogen) atoms. The second kappa shape index (κ2) is 11.1. The fraction of sp³-hybridized carbons (Fsp3) is 0.333. The standard InChI is InChI=1S/C21H27N3O4/c1-15-9-10-18(28-3)17(13-15)24-21(26)20(16-7-5-4-6-8-16)23-14-19(25)22-11-12-27-2/h4-10,13,20,23H,11-12,14H2,1-3H3,(H,22,25)(H,24,26)/t20-/m1/s1. The van der Waals surface area contributed by atoms with Gasteiger partial charge in [-0.3, -0.25) is 14.9 Å². The average Bonchev–Trinajstić information content (AvgIpc) is 2.69. The van der Waals surface area contributed by atoms with E-state index in [2.05, 4.69) is 16.0 Å². The summed E-state index contributed by atoms with van der Waals surface area (Å²) >= 11 is 0. The molecule has 0 spiro atoms. The van der Waals surface area contributed by atoms with Crippen LogP contribution in [-0.2, 0) is 14.3 Å². The SMILES string of the molecule is COCCNC(=O)CN[C@@H](C(=O)Nc1cc(C)ccc1OC)c1ccccc1. The van der Waals surface area contributed by atoms with Crippen LogP contribution >= 0.6 is 0 Å². The van der Waals surface area contributed by atoms with Gasteiger partial charge in [0, 0.05) is 13.7 Å². The van der Waals surface area contributed by atoms with Crippen LogP contribution in [0.5, 0.6) is 5.75 Å². The van der Waals surface area contributed by atoms with Crippen LogP contribution in [-0.4, -0.2) is 45.7 Å². The number of anilines is 1. The maximum atomic E-state index is 13.0. The molecule has 2 aromatic carbocycles. The third-order valence-corrected chi connectivity index (χ3v) is 4.10. The maximum absolute atomic E-state index is 13.0. The van der Waals surface area contributed by atoms with E-state index in [9.17, 15) is 9.59 Å². The monoisotopic (exact) mass is 385 g/mol. The average molecular weight is 385 g/mol. The van der Waals surface area contributed by atoms with Gasteiger partial charge in [-0.05, 0) is 30.2 Å². The topological polar surface area (TPSA) is 88.7 Å². The molecule has 3 N–H and O–H groups in total. The number of methoxy groups -OCH3 is 2. The van der Waals surface area contributed by atoms with Gasteiger partial charge < -0.3 is 20.1 Å². The highest BCUT2D eigenvalue weighted by Crippen LogP contribution is 2.26. The Morgan fingerprint density at radius 2 is 1.82 bits per heavy atom. The molecular formula is C21H27N3O4. The van der Waals surface area contributed by atoms with E-state index >= 15 is 0 Å². The number of ether oxygens (including phenoxy) is 2. The Morgan fingerprint density at radius 3 is 2.50 bits per heavy atom. The highest BCUT2D eigenvalue weighted by atomic mass is 16.5. The molecule has 0 fully saturated rings. The van der Waals surface area contributed by atoms with Crippen LogP contribution < -0.4 is 20.7 Å². The van der Waals surface area contributed by atoms with E-state index in [1.807, 2.05) is 49.4 Å². The third-order valence-electron chi connectivity index (χ3n) is 4.10. The van der Waals surface area contributed by atoms with E-state index in [0.29, 0.717) is 24.6 Å². The molecule has 2 rings (SSSR count). The maximum Gasteiger partial charge on any atom is 0.246 e. The number of rotatable bonds is 10. The number of hydrogen-bond acceptors (Lipinski definition) is 5. The molecule has 0 aliphatic rings. The second-order valence-electron chi connectivity index (χ2n) is 6.26. The van der Waals surface area contributed by atoms with Crippen molar-refractivity contribution in [2.75, 3.05) is 39.2 Å². The predicted octanol–water partition coefficient (Wildman–Crippen LogP) is 2.04. The van der Waals surface area contributed by atoms with Gasteiger partial charge in [-0.2, -0.15) is 0 Å². The normalized spacial score (nSPS) is 11.5. The zero-order chi connectivity index (χ0) is 20.4. The van der Waals surface area contributed by atoms with Gasteiger partial charge in [0.1, 0.15) is 11.8 Å². The number of nitrogens with one attached hydrogen (secondary N) is 3. The van der Waals surface area contributed by atoms with Crippen molar-refractivity contribution in [3.8, 4) is 5.75 Å². The van der Waals surface area contributed by atoms with Crippen molar-refractivity contribution in [1.29, 1.82) is 0 Å². The summed E-state index contributed by atoms with van der Waals surface area (Å²) in [6.45, 7) is 2.79. The Kier molecular flexibility index (Phi) is 8.45. The minimum Gasteiger partial charge on any atom is -0.495 e. The minimum absolute atomic E-state index is 0.00163. The van der Waals surface area contributed by atoms with E-state index in [4.69, 9.17) is 9.47 Å². The lowest BCUT2D eigenvalue weighted by Crippen LogP contribution is -2.40. The number of benzene rings is 2. The quantitative estimate of drug-likeness (QED) is 0.545. The van der Waals surface area contributed by atoms with Crippen LogP contribution in [0.2, 0.25) is 0 Å². The lowest BCUT2D eigenvalue weighted by atomic mass is 10.1. The summed E-state index contributed by atoms with van der Waals surface area (Å²) in [4.78, 5) is 25.0. The van der Waals surface area contributed by atoms with Gasteiger partial charge in [0.05, 0.1) is 25.9 Å². The lowest BCUT2D eigenvalue weighted by Gasteiger charge is -2.20. The van der Waals surface area contributed by atoms with E-state index in [-0.39, 0.29) is 18.4 Å². The molecule has 150 valence electrons. The molecule has 0 aromatic heterocycles. The fourth-order valence-electron chi connectivity index (χ4n) is 2.68. The van der Waals surface area contributed by atoms with Crippen LogP contribution in [0.3, 0.4) is 0 Å². The zero-order valence-corrected chi connectivity index (χ0v) is 16.5. The predicted molar refractivity (Wildman–Crippen MR) is 108 cm³/mol. The van der Waals surface area contributed by atoms with Crippen LogP contribution in [0.4, 0.5) is 5.69 Å². The summed E-state index contributed by atoms with van der Waals surface area (Å²) in [6.07, 6.45) is 0. The smallest absolute Gasteiger partial charge is 0.246 e. The molecule has 7 heteroatoms. The van der Waals surface area contributed by atoms with Crippen molar-refractivity contribution in [2.24, 2.45) is 0 Å². The molecule has 2 amide bonds. The first kappa shape index (κ1) is 21.4. The van der Waals surface area contributed by atoms with Crippen molar-refractivity contribution >= 4 is 17.5 Å². The van der Waals surface area contributed by atoms with Gasteiger partial charge in [-0.1, -0.05) is 36.4 Å². The highest BCUT2D eigenvalue weighted by Gasteiger charge is 2.22. The van der Waals surface area contributed by atoms with Crippen LogP contribution in [0.1, 0.15) is 17.2 Å². The molecular weight excluding hydrogens is 358 g/mol. The fourth-order valence-corrected chi connectivity index (χ4v) is 2.68. The number of amides is 2. The van der Waals surface area contributed by atoms with E-state index < -0.39 is 6.04 Å². The van der Waals surface area contributed by atoms with E-state index in [1.54, 1.807) is 20.3 Å². The van der Waals surface area contributed by atoms with Gasteiger partial charge in [0.2, 0.25) is 11.8 Å². The van der Waals surface area contributed by atoms with Crippen LogP contribution in [0, 0.1) is 6.92 Å². The Labute approximate surface area is 165 Å². The first-order valence-corrected chi connectivity index (χ1v) is 9.04. The Balaban J connectivity index is 2.12. The summed E-state index contributed by atoms with van der Waals surface area (Å²) in [5.74, 6) is 0.0850. The molecule has 7 nitrogen and oxygen atoms in total. The van der Waals surface area contributed by atoms with E-state index in [0.717, 1.165) is 11.1 Å². The molecule has 0 heterocycles. The third kappa shape index (κ3) is 6.37. The molecule has 0 bridgehead atoms. The minimum atomic E-state index is -0.695. The number of hydrogen-bond donors (Lipinski definition) is 3. The van der Waals surface area contributed by atoms with Crippen LogP contribution in [0.15, 0.2) is 48.5 Å². The molecule has 0 saturated carbocycles. The zero-order valence-electron chi connectivity index (χ0n) is 16.5. The summed E-state index contributed by atoms with van der Waals surface area (Å²) in [7, 11) is 3.12. The van der Waals surface area contributed by atoms with Crippen molar-refractivity contribution in [2.45, 2.75) is 13.0 Å². The summed E-state index contributed by atoms with van der Waals surface area (Å²) in [5, 5.41) is 8.65. The largest absolute Gasteiger partial charge is 0.495 e. The van der Waals surface area contributed by atoms with E-state index in [1.165, 1.54) is 0 Å². The van der Waals surface area contributed by atoms with Gasteiger partial charge >= 0.3 is 0 Å². The summed E-state index contributed by atoms with van der Waals surface area (Å²) in [5.41, 5.74) is 2.34. The van der Waals surface area contributed by atoms with Gasteiger partial charge in [0.25, 0.3) is 0 Å². The van der Waals surface area contributed by atoms with Gasteiger partial charge in [-0.15, -0.1) is 0 Å². The Hall–Kier alpha value is -2.90. The number of carbonyl (C=O) groups is 2.